The van der Waals surface area contributed by atoms with E-state index >= 15 is 0 Å². The maximum absolute atomic E-state index is 6.50. The van der Waals surface area contributed by atoms with E-state index in [0.29, 0.717) is 11.8 Å². The van der Waals surface area contributed by atoms with Gasteiger partial charge in [-0.1, -0.05) is 159 Å². The summed E-state index contributed by atoms with van der Waals surface area (Å²) in [5, 5.41) is 21.3. The Bertz CT molecular complexity index is 3200. The molecule has 2 aromatic heterocycles. The summed E-state index contributed by atoms with van der Waals surface area (Å²) in [7, 11) is 3.58. The third-order valence-corrected chi connectivity index (χ3v) is 22.5. The first-order valence-corrected chi connectivity index (χ1v) is 29.2. The van der Waals surface area contributed by atoms with Crippen molar-refractivity contribution in [2.45, 2.75) is 229 Å². The van der Waals surface area contributed by atoms with Crippen molar-refractivity contribution >= 4 is 0 Å². The van der Waals surface area contributed by atoms with Crippen LogP contribution in [0.15, 0.2) is 48.5 Å². The molecule has 2 heterocycles. The largest absolute Gasteiger partial charge is 0.480 e. The Labute approximate surface area is 454 Å². The molecule has 0 radical (unpaired) electrons. The molecule has 0 N–H and O–H groups in total. The quantitative estimate of drug-likeness (QED) is 0.176. The minimum Gasteiger partial charge on any atom is -0.480 e. The molecule has 0 saturated carbocycles. The Kier molecular flexibility index (Phi) is 9.57. The molecule has 4 aromatic carbocycles. The number of fused-ring (bicyclic) bond motifs is 4. The topological polar surface area (TPSA) is 70.0 Å². The van der Waals surface area contributed by atoms with Crippen LogP contribution in [0.1, 0.15) is 297 Å². The molecule has 0 unspecified atom stereocenters. The standard InChI is InChI=1S/C70H82N4O2/c1-63(2)19-23-67(9,10)47-31-39-35(27-43(47)63)51-36-28-44-48(68(11,12)24-20-64(44,3)4)32-40(36)53(39)57-55(51)59(71-73-61(57)75-17)60-56-52-37-29-45-49(69(13,14)25-21-65(45,5)6)33-41(37)54(58(56)62(76-18)74-72-60)42-34-50-46(30-38(42)52)66(7,8)22-26-70(50,15)16/h27-34,51-54H,19-26H2,1-18H3. The summed E-state index contributed by atoms with van der Waals surface area (Å²) in [6.07, 6.45) is 9.27. The molecular formula is C70H82N4O2. The molecule has 0 atom stereocenters. The maximum Gasteiger partial charge on any atom is 0.237 e. The molecule has 4 bridgehead atoms. The van der Waals surface area contributed by atoms with Crippen LogP contribution in [0.3, 0.4) is 0 Å². The SMILES string of the molecule is COc1nnc(-c2nnc(OC)c3c2C2c4cc5c(cc4C3c3cc4c(cc32)C(C)(C)CCC4(C)C)C(C)(C)CCC5(C)C)c2c1C1c3cc4c(cc3C2c2cc3c(cc21)C(C)(C)CCC3(C)C)C(C)(C)CCC4(C)C. The van der Waals surface area contributed by atoms with Gasteiger partial charge in [-0.15, -0.1) is 20.4 Å². The normalized spacial score (nSPS) is 26.2. The molecule has 0 aliphatic heterocycles. The average molecular weight is 1010 g/mol. The zero-order chi connectivity index (χ0) is 53.7. The summed E-state index contributed by atoms with van der Waals surface area (Å²) in [5.41, 5.74) is 29.8. The summed E-state index contributed by atoms with van der Waals surface area (Å²) >= 11 is 0. The van der Waals surface area contributed by atoms with Gasteiger partial charge in [0.1, 0.15) is 11.4 Å². The first kappa shape index (κ1) is 49.0. The number of methoxy groups -OCH3 is 2. The molecule has 10 aliphatic carbocycles. The Morgan fingerprint density at radius 2 is 0.447 bits per heavy atom. The van der Waals surface area contributed by atoms with Gasteiger partial charge >= 0.3 is 0 Å². The van der Waals surface area contributed by atoms with Crippen LogP contribution >= 0.6 is 0 Å². The van der Waals surface area contributed by atoms with E-state index < -0.39 is 0 Å². The number of hydrogen-bond acceptors (Lipinski definition) is 6. The van der Waals surface area contributed by atoms with Crippen LogP contribution in [0.5, 0.6) is 11.8 Å². The lowest BCUT2D eigenvalue weighted by Gasteiger charge is -2.50. The van der Waals surface area contributed by atoms with Crippen molar-refractivity contribution in [2.75, 3.05) is 14.2 Å². The highest BCUT2D eigenvalue weighted by Crippen LogP contribution is 2.67. The van der Waals surface area contributed by atoms with Gasteiger partial charge < -0.3 is 9.47 Å². The predicted molar refractivity (Wildman–Crippen MR) is 307 cm³/mol. The fourth-order valence-corrected chi connectivity index (χ4v) is 17.2. The molecule has 6 heteroatoms. The number of rotatable bonds is 3. The van der Waals surface area contributed by atoms with E-state index in [2.05, 4.69) is 159 Å². The molecule has 16 rings (SSSR count). The molecule has 76 heavy (non-hydrogen) atoms. The first-order valence-electron chi connectivity index (χ1n) is 29.2. The van der Waals surface area contributed by atoms with Gasteiger partial charge in [0.15, 0.2) is 0 Å². The van der Waals surface area contributed by atoms with E-state index in [-0.39, 0.29) is 67.0 Å². The summed E-state index contributed by atoms with van der Waals surface area (Å²) < 4.78 is 13.0. The molecule has 0 fully saturated rings. The monoisotopic (exact) mass is 1010 g/mol. The lowest BCUT2D eigenvalue weighted by Crippen LogP contribution is -2.39. The van der Waals surface area contributed by atoms with E-state index in [1.807, 2.05) is 0 Å². The number of ether oxygens (including phenoxy) is 2. The summed E-state index contributed by atoms with van der Waals surface area (Å²) in [4.78, 5) is 0. The number of benzene rings is 4. The molecule has 6 aromatic rings. The highest BCUT2D eigenvalue weighted by atomic mass is 16.5. The van der Waals surface area contributed by atoms with Gasteiger partial charge in [0.05, 0.1) is 14.2 Å². The van der Waals surface area contributed by atoms with Gasteiger partial charge in [0.2, 0.25) is 11.8 Å². The Morgan fingerprint density at radius 1 is 0.276 bits per heavy atom. The van der Waals surface area contributed by atoms with E-state index in [1.165, 1.54) is 100 Å². The molecule has 0 amide bonds. The Balaban J connectivity index is 1.09. The minimum absolute atomic E-state index is 0.0353. The van der Waals surface area contributed by atoms with Crippen LogP contribution < -0.4 is 9.47 Å². The second-order valence-electron chi connectivity index (χ2n) is 30.7. The maximum atomic E-state index is 6.50. The highest BCUT2D eigenvalue weighted by molar-refractivity contribution is 5.83. The summed E-state index contributed by atoms with van der Waals surface area (Å²) in [6, 6.07) is 21.2. The third kappa shape index (κ3) is 6.22. The van der Waals surface area contributed by atoms with Crippen LogP contribution in [0.4, 0.5) is 0 Å². The van der Waals surface area contributed by atoms with Crippen molar-refractivity contribution < 1.29 is 9.47 Å². The lowest BCUT2D eigenvalue weighted by atomic mass is 9.54. The number of aromatic nitrogens is 4. The van der Waals surface area contributed by atoms with E-state index in [0.717, 1.165) is 73.9 Å². The smallest absolute Gasteiger partial charge is 0.237 e. The fourth-order valence-electron chi connectivity index (χ4n) is 17.2. The summed E-state index contributed by atoms with van der Waals surface area (Å²) in [5.74, 6) is 0.792. The zero-order valence-corrected chi connectivity index (χ0v) is 49.2. The molecule has 394 valence electrons. The highest BCUT2D eigenvalue weighted by Gasteiger charge is 2.54. The third-order valence-electron chi connectivity index (χ3n) is 22.5. The molecule has 0 saturated heterocycles. The fraction of sp³-hybridized carbons (Fsp3) is 0.543. The minimum atomic E-state index is -0.119. The van der Waals surface area contributed by atoms with Crippen molar-refractivity contribution in [1.29, 1.82) is 0 Å². The number of hydrogen-bond donors (Lipinski definition) is 0. The second kappa shape index (κ2) is 14.9. The zero-order valence-electron chi connectivity index (χ0n) is 49.2. The van der Waals surface area contributed by atoms with Gasteiger partial charge in [-0.05, 0) is 184 Å². The van der Waals surface area contributed by atoms with Crippen LogP contribution in [-0.2, 0) is 43.3 Å². The van der Waals surface area contributed by atoms with Crippen molar-refractivity contribution in [2.24, 2.45) is 0 Å². The lowest BCUT2D eigenvalue weighted by molar-refractivity contribution is 0.329. The van der Waals surface area contributed by atoms with Crippen LogP contribution in [0.25, 0.3) is 11.4 Å². The van der Waals surface area contributed by atoms with Crippen LogP contribution in [-0.4, -0.2) is 34.6 Å². The Hall–Kier alpha value is -5.36. The van der Waals surface area contributed by atoms with Gasteiger partial charge in [0.25, 0.3) is 0 Å². The van der Waals surface area contributed by atoms with Gasteiger partial charge in [0, 0.05) is 45.9 Å². The van der Waals surface area contributed by atoms with E-state index in [9.17, 15) is 0 Å². The van der Waals surface area contributed by atoms with Crippen molar-refractivity contribution in [1.82, 2.24) is 20.4 Å². The molecular weight excluding hydrogens is 929 g/mol. The van der Waals surface area contributed by atoms with Crippen molar-refractivity contribution in [3.63, 3.8) is 0 Å². The number of nitrogens with zero attached hydrogens (tertiary/aromatic N) is 4. The molecule has 0 spiro atoms. The molecule has 6 nitrogen and oxygen atoms in total. The van der Waals surface area contributed by atoms with E-state index in [4.69, 9.17) is 29.9 Å². The van der Waals surface area contributed by atoms with Gasteiger partial charge in [-0.3, -0.25) is 0 Å². The van der Waals surface area contributed by atoms with E-state index in [1.54, 1.807) is 14.2 Å². The molecule has 10 aliphatic rings. The van der Waals surface area contributed by atoms with Crippen molar-refractivity contribution in [3.8, 4) is 23.1 Å². The van der Waals surface area contributed by atoms with Crippen molar-refractivity contribution in [3.05, 3.63) is 160 Å². The Morgan fingerprint density at radius 3 is 0.618 bits per heavy atom. The second-order valence-corrected chi connectivity index (χ2v) is 30.7. The average Bonchev–Trinajstić information content (AvgIpc) is 3.56. The van der Waals surface area contributed by atoms with Gasteiger partial charge in [-0.25, -0.2) is 0 Å². The predicted octanol–water partition coefficient (Wildman–Crippen LogP) is 16.3. The van der Waals surface area contributed by atoms with Crippen LogP contribution in [0.2, 0.25) is 0 Å². The first-order chi connectivity index (χ1) is 35.5. The summed E-state index contributed by atoms with van der Waals surface area (Å²) in [6.45, 7) is 39.5. The van der Waals surface area contributed by atoms with Gasteiger partial charge in [-0.2, -0.15) is 0 Å². The van der Waals surface area contributed by atoms with Crippen LogP contribution in [0, 0.1) is 0 Å².